The van der Waals surface area contributed by atoms with E-state index in [1.165, 1.54) is 22.8 Å². The molecule has 30 heavy (non-hydrogen) atoms. The molecule has 1 aromatic heterocycles. The van der Waals surface area contributed by atoms with Gasteiger partial charge in [0.25, 0.3) is 0 Å². The van der Waals surface area contributed by atoms with Crippen LogP contribution in [0.15, 0.2) is 42.5 Å². The number of aromatic nitrogens is 1. The Bertz CT molecular complexity index is 1300. The number of rotatable bonds is 3. The largest absolute Gasteiger partial charge is 0.416 e. The van der Waals surface area contributed by atoms with Crippen LogP contribution in [-0.4, -0.2) is 10.5 Å². The Morgan fingerprint density at radius 3 is 2.30 bits per heavy atom. The van der Waals surface area contributed by atoms with Crippen LogP contribution in [0.5, 0.6) is 0 Å². The number of amides is 1. The van der Waals surface area contributed by atoms with E-state index in [9.17, 15) is 31.1 Å². The Hall–Kier alpha value is -3.49. The monoisotopic (exact) mass is 421 g/mol. The first-order valence-electron chi connectivity index (χ1n) is 8.55. The van der Waals surface area contributed by atoms with E-state index in [1.54, 1.807) is 0 Å². The minimum Gasteiger partial charge on any atom is -0.366 e. The van der Waals surface area contributed by atoms with Gasteiger partial charge in [0, 0.05) is 22.9 Å². The number of hydrogen-bond acceptors (Lipinski definition) is 1. The van der Waals surface area contributed by atoms with Gasteiger partial charge in [-0.25, -0.2) is 13.2 Å². The van der Waals surface area contributed by atoms with Crippen LogP contribution < -0.4 is 5.73 Å². The van der Waals surface area contributed by atoms with Crippen molar-refractivity contribution in [2.24, 2.45) is 5.73 Å². The summed E-state index contributed by atoms with van der Waals surface area (Å²) in [5, 5.41) is 0.451. The van der Waals surface area contributed by atoms with Gasteiger partial charge in [0.15, 0.2) is 17.5 Å². The Labute approximate surface area is 165 Å². The molecule has 0 spiro atoms. The van der Waals surface area contributed by atoms with Crippen LogP contribution in [0.2, 0.25) is 0 Å². The number of nitrogens with zero attached hydrogens (tertiary/aromatic N) is 1. The second-order valence-electron chi connectivity index (χ2n) is 6.67. The van der Waals surface area contributed by atoms with Crippen molar-refractivity contribution < 1.29 is 31.1 Å². The fourth-order valence-corrected chi connectivity index (χ4v) is 3.48. The molecule has 0 aliphatic heterocycles. The SMILES string of the molecule is NC(=O)c1cccc2c1c1[c]cc(C(F)(F)F)cc1n2Cc1cc(F)c(F)c(F)c1. The van der Waals surface area contributed by atoms with Crippen molar-refractivity contribution in [2.75, 3.05) is 0 Å². The van der Waals surface area contributed by atoms with Crippen molar-refractivity contribution in [1.82, 2.24) is 4.57 Å². The summed E-state index contributed by atoms with van der Waals surface area (Å²) in [6.07, 6.45) is -4.66. The fraction of sp³-hybridized carbons (Fsp3) is 0.0952. The quantitative estimate of drug-likeness (QED) is 0.360. The highest BCUT2D eigenvalue weighted by atomic mass is 19.4. The van der Waals surface area contributed by atoms with Gasteiger partial charge < -0.3 is 10.3 Å². The van der Waals surface area contributed by atoms with Gasteiger partial charge in [0.2, 0.25) is 5.91 Å². The lowest BCUT2D eigenvalue weighted by Crippen LogP contribution is -2.11. The fourth-order valence-electron chi connectivity index (χ4n) is 3.48. The average Bonchev–Trinajstić information content (AvgIpc) is 2.98. The highest BCUT2D eigenvalue weighted by molar-refractivity contribution is 6.17. The molecule has 0 saturated heterocycles. The molecular formula is C21H11F6N2O. The average molecular weight is 421 g/mol. The van der Waals surface area contributed by atoms with Crippen molar-refractivity contribution in [3.8, 4) is 0 Å². The summed E-state index contributed by atoms with van der Waals surface area (Å²) < 4.78 is 81.6. The molecule has 0 saturated carbocycles. The Morgan fingerprint density at radius 1 is 1.03 bits per heavy atom. The second-order valence-corrected chi connectivity index (χ2v) is 6.67. The van der Waals surface area contributed by atoms with E-state index < -0.39 is 35.1 Å². The van der Waals surface area contributed by atoms with Crippen LogP contribution in [0.25, 0.3) is 21.8 Å². The zero-order valence-corrected chi connectivity index (χ0v) is 14.9. The maximum atomic E-state index is 13.6. The summed E-state index contributed by atoms with van der Waals surface area (Å²) >= 11 is 0. The van der Waals surface area contributed by atoms with E-state index in [4.69, 9.17) is 5.73 Å². The molecule has 4 rings (SSSR count). The van der Waals surface area contributed by atoms with Crippen LogP contribution in [0.3, 0.4) is 0 Å². The first-order chi connectivity index (χ1) is 14.1. The number of benzene rings is 3. The third kappa shape index (κ3) is 3.16. The highest BCUT2D eigenvalue weighted by Gasteiger charge is 2.31. The van der Waals surface area contributed by atoms with E-state index in [2.05, 4.69) is 6.07 Å². The van der Waals surface area contributed by atoms with Crippen molar-refractivity contribution in [3.63, 3.8) is 0 Å². The van der Waals surface area contributed by atoms with Gasteiger partial charge in [-0.1, -0.05) is 6.07 Å². The minimum atomic E-state index is -4.66. The summed E-state index contributed by atoms with van der Waals surface area (Å²) in [5.74, 6) is -5.30. The molecule has 0 aliphatic carbocycles. The lowest BCUT2D eigenvalue weighted by atomic mass is 10.0. The summed E-state index contributed by atoms with van der Waals surface area (Å²) in [6.45, 7) is -0.286. The molecule has 9 heteroatoms. The minimum absolute atomic E-state index is 0.0212. The lowest BCUT2D eigenvalue weighted by Gasteiger charge is -2.11. The Kier molecular flexibility index (Phi) is 4.48. The van der Waals surface area contributed by atoms with Crippen molar-refractivity contribution in [2.45, 2.75) is 12.7 Å². The van der Waals surface area contributed by atoms with Crippen molar-refractivity contribution in [3.05, 3.63) is 82.7 Å². The zero-order chi connectivity index (χ0) is 21.8. The third-order valence-electron chi connectivity index (χ3n) is 4.77. The van der Waals surface area contributed by atoms with E-state index in [-0.39, 0.29) is 34.0 Å². The third-order valence-corrected chi connectivity index (χ3v) is 4.77. The second kappa shape index (κ2) is 6.79. The van der Waals surface area contributed by atoms with Crippen LogP contribution in [0, 0.1) is 23.5 Å². The van der Waals surface area contributed by atoms with Crippen LogP contribution in [0.1, 0.15) is 21.5 Å². The summed E-state index contributed by atoms with van der Waals surface area (Å²) in [6, 6.07) is 10.1. The van der Waals surface area contributed by atoms with Gasteiger partial charge in [-0.05, 0) is 48.0 Å². The van der Waals surface area contributed by atoms with E-state index >= 15 is 0 Å². The maximum absolute atomic E-state index is 13.6. The molecule has 0 atom stereocenters. The predicted octanol–water partition coefficient (Wildman–Crippen LogP) is 5.18. The predicted molar refractivity (Wildman–Crippen MR) is 97.2 cm³/mol. The van der Waals surface area contributed by atoms with E-state index in [0.29, 0.717) is 5.52 Å². The normalized spacial score (nSPS) is 12.1. The highest BCUT2D eigenvalue weighted by Crippen LogP contribution is 2.36. The molecule has 3 nitrogen and oxygen atoms in total. The topological polar surface area (TPSA) is 48.0 Å². The van der Waals surface area contributed by atoms with Gasteiger partial charge in [-0.15, -0.1) is 0 Å². The van der Waals surface area contributed by atoms with Gasteiger partial charge in [-0.2, -0.15) is 13.2 Å². The number of carbonyl (C=O) groups is 1. The number of halogens is 6. The number of fused-ring (bicyclic) bond motifs is 3. The molecule has 0 bridgehead atoms. The molecule has 4 aromatic rings. The zero-order valence-electron chi connectivity index (χ0n) is 14.9. The Balaban J connectivity index is 2.05. The maximum Gasteiger partial charge on any atom is 0.416 e. The first-order valence-corrected chi connectivity index (χ1v) is 8.55. The molecule has 0 fully saturated rings. The molecule has 0 aliphatic rings. The van der Waals surface area contributed by atoms with Crippen LogP contribution in [0.4, 0.5) is 26.3 Å². The summed E-state index contributed by atoms with van der Waals surface area (Å²) in [7, 11) is 0. The first kappa shape index (κ1) is 19.8. The molecule has 1 heterocycles. The Morgan fingerprint density at radius 2 is 1.70 bits per heavy atom. The number of alkyl halides is 3. The number of hydrogen-bond donors (Lipinski definition) is 1. The number of primary amides is 1. The standard InChI is InChI=1S/C21H11F6N2O/c22-14-6-10(7-15(23)19(14)24)9-29-16-3-1-2-13(20(28)30)18(16)12-5-4-11(8-17(12)29)21(25,26)27/h1-4,6-8H,9H2,(H2,28,30). The number of carbonyl (C=O) groups excluding carboxylic acids is 1. The van der Waals surface area contributed by atoms with Crippen molar-refractivity contribution >= 4 is 27.7 Å². The molecule has 2 N–H and O–H groups in total. The lowest BCUT2D eigenvalue weighted by molar-refractivity contribution is -0.137. The smallest absolute Gasteiger partial charge is 0.366 e. The number of nitrogens with two attached hydrogens (primary N) is 1. The van der Waals surface area contributed by atoms with Crippen LogP contribution in [-0.2, 0) is 12.7 Å². The molecule has 1 amide bonds. The van der Waals surface area contributed by atoms with E-state index in [0.717, 1.165) is 24.3 Å². The molecule has 0 unspecified atom stereocenters. The van der Waals surface area contributed by atoms with Gasteiger partial charge >= 0.3 is 6.18 Å². The van der Waals surface area contributed by atoms with Crippen LogP contribution >= 0.6 is 0 Å². The molecule has 1 radical (unpaired) electrons. The van der Waals surface area contributed by atoms with Gasteiger partial charge in [0.05, 0.1) is 16.6 Å². The summed E-state index contributed by atoms with van der Waals surface area (Å²) in [4.78, 5) is 11.9. The van der Waals surface area contributed by atoms with Gasteiger partial charge in [0.1, 0.15) is 0 Å². The van der Waals surface area contributed by atoms with Crippen molar-refractivity contribution in [1.29, 1.82) is 0 Å². The van der Waals surface area contributed by atoms with E-state index in [1.807, 2.05) is 0 Å². The molecular weight excluding hydrogens is 410 g/mol. The van der Waals surface area contributed by atoms with Gasteiger partial charge in [-0.3, -0.25) is 4.79 Å². The molecule has 3 aromatic carbocycles. The summed E-state index contributed by atoms with van der Waals surface area (Å²) in [5.41, 5.74) is 4.79. The molecule has 153 valence electrons.